The molecule has 0 unspecified atom stereocenters. The Kier molecular flexibility index (Phi) is 2.63. The summed E-state index contributed by atoms with van der Waals surface area (Å²) >= 11 is 0. The van der Waals surface area contributed by atoms with E-state index in [1.54, 1.807) is 6.92 Å². The lowest BCUT2D eigenvalue weighted by Gasteiger charge is -2.02. The van der Waals surface area contributed by atoms with Crippen LogP contribution in [0, 0.1) is 6.92 Å². The average molecular weight is 183 g/mol. The Morgan fingerprint density at radius 3 is 2.92 bits per heavy atom. The summed E-state index contributed by atoms with van der Waals surface area (Å²) in [6, 6.07) is 1.51. The predicted octanol–water partition coefficient (Wildman–Crippen LogP) is -0.169. The number of anilines is 1. The second-order valence-electron chi connectivity index (χ2n) is 2.39. The molecule has 6 heteroatoms. The minimum Gasteiger partial charge on any atom is -0.479 e. The molecule has 1 heterocycles. The Labute approximate surface area is 74.4 Å². The topological polar surface area (TPSA) is 98.3 Å². The molecule has 0 aliphatic carbocycles. The van der Waals surface area contributed by atoms with E-state index in [1.807, 2.05) is 0 Å². The molecule has 0 spiro atoms. The van der Waals surface area contributed by atoms with Gasteiger partial charge in [-0.05, 0) is 6.92 Å². The highest BCUT2D eigenvalue weighted by molar-refractivity contribution is 5.68. The van der Waals surface area contributed by atoms with Gasteiger partial charge in [0.25, 0.3) is 0 Å². The van der Waals surface area contributed by atoms with Gasteiger partial charge in [0.15, 0.2) is 6.61 Å². The number of rotatable bonds is 3. The number of nitrogen functional groups attached to an aromatic ring is 1. The first-order valence-corrected chi connectivity index (χ1v) is 3.53. The van der Waals surface area contributed by atoms with Gasteiger partial charge in [-0.15, -0.1) is 0 Å². The van der Waals surface area contributed by atoms with Crippen molar-refractivity contribution in [2.45, 2.75) is 6.92 Å². The maximum atomic E-state index is 10.1. The summed E-state index contributed by atoms with van der Waals surface area (Å²) in [6.45, 7) is 1.28. The number of nitrogens with two attached hydrogens (primary N) is 1. The van der Waals surface area contributed by atoms with Gasteiger partial charge in [0.05, 0.1) is 0 Å². The minimum absolute atomic E-state index is 0.0698. The summed E-state index contributed by atoms with van der Waals surface area (Å²) in [4.78, 5) is 17.6. The van der Waals surface area contributed by atoms with Crippen molar-refractivity contribution < 1.29 is 14.6 Å². The summed E-state index contributed by atoms with van der Waals surface area (Å²) < 4.78 is 4.80. The van der Waals surface area contributed by atoms with Crippen molar-refractivity contribution in [3.05, 3.63) is 11.8 Å². The third-order valence-electron chi connectivity index (χ3n) is 1.19. The molecule has 70 valence electrons. The molecule has 13 heavy (non-hydrogen) atoms. The number of carbonyl (C=O) groups is 1. The van der Waals surface area contributed by atoms with Crippen molar-refractivity contribution in [1.29, 1.82) is 0 Å². The van der Waals surface area contributed by atoms with E-state index in [4.69, 9.17) is 15.6 Å². The largest absolute Gasteiger partial charge is 0.479 e. The lowest BCUT2D eigenvalue weighted by molar-refractivity contribution is -0.139. The summed E-state index contributed by atoms with van der Waals surface area (Å²) in [5, 5.41) is 8.31. The summed E-state index contributed by atoms with van der Waals surface area (Å²) in [5.74, 6) is -0.817. The molecule has 0 aliphatic rings. The van der Waals surface area contributed by atoms with Crippen LogP contribution in [0.3, 0.4) is 0 Å². The number of ether oxygens (including phenoxy) is 1. The van der Waals surface area contributed by atoms with Gasteiger partial charge in [0.2, 0.25) is 11.8 Å². The molecule has 0 aliphatic heterocycles. The van der Waals surface area contributed by atoms with Gasteiger partial charge < -0.3 is 15.6 Å². The van der Waals surface area contributed by atoms with Crippen molar-refractivity contribution >= 4 is 11.9 Å². The highest BCUT2D eigenvalue weighted by Crippen LogP contribution is 2.09. The van der Waals surface area contributed by atoms with Gasteiger partial charge in [-0.25, -0.2) is 9.78 Å². The van der Waals surface area contributed by atoms with E-state index in [2.05, 4.69) is 9.97 Å². The Morgan fingerprint density at radius 2 is 2.38 bits per heavy atom. The van der Waals surface area contributed by atoms with Crippen LogP contribution in [0.4, 0.5) is 5.95 Å². The van der Waals surface area contributed by atoms with Gasteiger partial charge in [0.1, 0.15) is 0 Å². The molecular weight excluding hydrogens is 174 g/mol. The van der Waals surface area contributed by atoms with Crippen LogP contribution in [0.25, 0.3) is 0 Å². The smallest absolute Gasteiger partial charge is 0.341 e. The fraction of sp³-hybridized carbons (Fsp3) is 0.286. The molecule has 1 aromatic heterocycles. The van der Waals surface area contributed by atoms with E-state index >= 15 is 0 Å². The predicted molar refractivity (Wildman–Crippen MR) is 44.3 cm³/mol. The maximum Gasteiger partial charge on any atom is 0.341 e. The molecule has 0 aromatic carbocycles. The zero-order valence-corrected chi connectivity index (χ0v) is 7.02. The van der Waals surface area contributed by atoms with Crippen molar-refractivity contribution in [1.82, 2.24) is 9.97 Å². The Morgan fingerprint density at radius 1 is 1.69 bits per heavy atom. The zero-order valence-electron chi connectivity index (χ0n) is 7.02. The van der Waals surface area contributed by atoms with Gasteiger partial charge in [-0.1, -0.05) is 0 Å². The number of aryl methyl sites for hydroxylation is 1. The van der Waals surface area contributed by atoms with E-state index in [9.17, 15) is 4.79 Å². The van der Waals surface area contributed by atoms with Crippen LogP contribution in [0.2, 0.25) is 0 Å². The normalized spacial score (nSPS) is 9.62. The Balaban J connectivity index is 2.71. The van der Waals surface area contributed by atoms with Crippen molar-refractivity contribution in [2.24, 2.45) is 0 Å². The lowest BCUT2D eigenvalue weighted by Crippen LogP contribution is -2.11. The number of aliphatic carboxylic acids is 1. The van der Waals surface area contributed by atoms with Gasteiger partial charge in [-0.2, -0.15) is 4.98 Å². The Hall–Kier alpha value is -1.85. The van der Waals surface area contributed by atoms with E-state index in [-0.39, 0.29) is 11.8 Å². The van der Waals surface area contributed by atoms with Gasteiger partial charge in [-0.3, -0.25) is 0 Å². The van der Waals surface area contributed by atoms with Crippen LogP contribution in [0.5, 0.6) is 5.88 Å². The van der Waals surface area contributed by atoms with E-state index in [1.165, 1.54) is 6.07 Å². The molecule has 3 N–H and O–H groups in total. The minimum atomic E-state index is -1.06. The fourth-order valence-corrected chi connectivity index (χ4v) is 0.771. The molecule has 1 rings (SSSR count). The van der Waals surface area contributed by atoms with Gasteiger partial charge >= 0.3 is 5.97 Å². The zero-order chi connectivity index (χ0) is 9.84. The maximum absolute atomic E-state index is 10.1. The van der Waals surface area contributed by atoms with E-state index in [0.717, 1.165) is 0 Å². The summed E-state index contributed by atoms with van der Waals surface area (Å²) in [5.41, 5.74) is 5.95. The number of carboxylic acid groups (broad SMARTS) is 1. The molecule has 0 saturated heterocycles. The highest BCUT2D eigenvalue weighted by atomic mass is 16.5. The molecular formula is C7H9N3O3. The number of nitrogens with zero attached hydrogens (tertiary/aromatic N) is 2. The van der Waals surface area contributed by atoms with Crippen LogP contribution >= 0.6 is 0 Å². The molecule has 0 fully saturated rings. The van der Waals surface area contributed by atoms with Crippen LogP contribution in [-0.4, -0.2) is 27.7 Å². The monoisotopic (exact) mass is 183 g/mol. The van der Waals surface area contributed by atoms with E-state index < -0.39 is 12.6 Å². The van der Waals surface area contributed by atoms with Gasteiger partial charge in [0, 0.05) is 11.8 Å². The van der Waals surface area contributed by atoms with Crippen LogP contribution in [-0.2, 0) is 4.79 Å². The van der Waals surface area contributed by atoms with Crippen LogP contribution in [0.1, 0.15) is 5.69 Å². The summed E-state index contributed by atoms with van der Waals surface area (Å²) in [7, 11) is 0. The quantitative estimate of drug-likeness (QED) is 0.675. The SMILES string of the molecule is Cc1cc(OCC(=O)O)nc(N)n1. The third-order valence-corrected chi connectivity index (χ3v) is 1.19. The first-order chi connectivity index (χ1) is 6.08. The fourth-order valence-electron chi connectivity index (χ4n) is 0.771. The average Bonchev–Trinajstić information content (AvgIpc) is 1.99. The molecule has 0 saturated carbocycles. The lowest BCUT2D eigenvalue weighted by atomic mass is 10.4. The Bertz CT molecular complexity index is 307. The number of carboxylic acids is 1. The first-order valence-electron chi connectivity index (χ1n) is 3.53. The molecule has 0 bridgehead atoms. The van der Waals surface area contributed by atoms with E-state index in [0.29, 0.717) is 5.69 Å². The molecule has 0 atom stereocenters. The van der Waals surface area contributed by atoms with Crippen molar-refractivity contribution in [3.8, 4) is 5.88 Å². The second-order valence-corrected chi connectivity index (χ2v) is 2.39. The molecule has 1 aromatic rings. The van der Waals surface area contributed by atoms with Crippen LogP contribution in [0.15, 0.2) is 6.07 Å². The molecule has 0 radical (unpaired) electrons. The highest BCUT2D eigenvalue weighted by Gasteiger charge is 2.02. The molecule has 6 nitrogen and oxygen atoms in total. The standard InChI is InChI=1S/C7H9N3O3/c1-4-2-5(10-7(8)9-4)13-3-6(11)12/h2H,3H2,1H3,(H,11,12)(H2,8,9,10). The number of hydrogen-bond donors (Lipinski definition) is 2. The van der Waals surface area contributed by atoms with Crippen molar-refractivity contribution in [3.63, 3.8) is 0 Å². The first kappa shape index (κ1) is 9.24. The number of hydrogen-bond acceptors (Lipinski definition) is 5. The van der Waals surface area contributed by atoms with Crippen LogP contribution < -0.4 is 10.5 Å². The molecule has 0 amide bonds. The number of aromatic nitrogens is 2. The third kappa shape index (κ3) is 2.94. The van der Waals surface area contributed by atoms with Crippen molar-refractivity contribution in [2.75, 3.05) is 12.3 Å². The summed E-state index contributed by atoms with van der Waals surface area (Å²) in [6.07, 6.45) is 0. The second kappa shape index (κ2) is 3.70.